The van der Waals surface area contributed by atoms with Gasteiger partial charge in [0.15, 0.2) is 11.5 Å². The van der Waals surface area contributed by atoms with E-state index in [1.54, 1.807) is 23.3 Å². The van der Waals surface area contributed by atoms with Gasteiger partial charge in [0.1, 0.15) is 24.5 Å². The molecular formula is C35H36N8O4. The third-order valence-corrected chi connectivity index (χ3v) is 8.26. The van der Waals surface area contributed by atoms with Gasteiger partial charge in [-0.3, -0.25) is 19.2 Å². The highest BCUT2D eigenvalue weighted by Gasteiger charge is 2.31. The zero-order valence-electron chi connectivity index (χ0n) is 26.2. The fourth-order valence-electron chi connectivity index (χ4n) is 5.91. The first-order chi connectivity index (χ1) is 23.1. The topological polar surface area (TPSA) is 120 Å². The summed E-state index contributed by atoms with van der Waals surface area (Å²) in [5.74, 6) is 3.55. The van der Waals surface area contributed by atoms with Gasteiger partial charge in [-0.15, -0.1) is 0 Å². The van der Waals surface area contributed by atoms with Gasteiger partial charge in [0.2, 0.25) is 18.6 Å². The molecule has 2 aliphatic heterocycles. The Morgan fingerprint density at radius 1 is 0.979 bits per heavy atom. The largest absolute Gasteiger partial charge is 0.489 e. The number of amides is 1. The van der Waals surface area contributed by atoms with Crippen LogP contribution in [0.5, 0.6) is 17.2 Å². The van der Waals surface area contributed by atoms with Crippen LogP contribution in [0.2, 0.25) is 0 Å². The number of pyridine rings is 1. The first-order valence-corrected chi connectivity index (χ1v) is 15.7. The highest BCUT2D eigenvalue weighted by Crippen LogP contribution is 2.32. The Labute approximate surface area is 273 Å². The van der Waals surface area contributed by atoms with Crippen molar-refractivity contribution in [2.24, 2.45) is 0 Å². The number of aryl methyl sites for hydroxylation is 1. The number of imidazole rings is 1. The maximum Gasteiger partial charge on any atom is 0.237 e. The number of para-hydroxylation sites is 1. The standard InChI is InChI=1S/C35H36N8O4/c1-25-15-33(40-35(39-25)42-12-11-37-23-42)43-14-13-41(20-28-6-2-3-7-30(28)45-22-27-5-4-10-36-18-27)21-29(43)17-34(44)38-19-26-8-9-31-32(16-26)47-24-46-31/h2-12,15-16,18,23,29H,13-14,17,19-22,24H2,1H3,(H,38,44). The lowest BCUT2D eigenvalue weighted by Gasteiger charge is -2.42. The molecule has 2 aromatic carbocycles. The van der Waals surface area contributed by atoms with Crippen LogP contribution in [0.15, 0.2) is 91.8 Å². The van der Waals surface area contributed by atoms with Crippen molar-refractivity contribution in [1.82, 2.24) is 34.7 Å². The first-order valence-electron chi connectivity index (χ1n) is 15.7. The smallest absolute Gasteiger partial charge is 0.237 e. The fraction of sp³-hybridized carbons (Fsp3) is 0.286. The number of carbonyl (C=O) groups excluding carboxylic acids is 1. The van der Waals surface area contributed by atoms with Gasteiger partial charge >= 0.3 is 0 Å². The molecule has 5 heterocycles. The Balaban J connectivity index is 1.08. The van der Waals surface area contributed by atoms with Crippen molar-refractivity contribution in [2.75, 3.05) is 31.3 Å². The Kier molecular flexibility index (Phi) is 8.91. The molecule has 3 aromatic heterocycles. The molecule has 0 saturated carbocycles. The van der Waals surface area contributed by atoms with E-state index in [1.165, 1.54) is 0 Å². The monoisotopic (exact) mass is 632 g/mol. The number of benzene rings is 2. The first kappa shape index (κ1) is 30.2. The third-order valence-electron chi connectivity index (χ3n) is 8.26. The number of nitrogens with zero attached hydrogens (tertiary/aromatic N) is 7. The van der Waals surface area contributed by atoms with Gasteiger partial charge in [0, 0.05) is 86.8 Å². The van der Waals surface area contributed by atoms with E-state index in [2.05, 4.69) is 36.1 Å². The second kappa shape index (κ2) is 13.9. The van der Waals surface area contributed by atoms with Crippen molar-refractivity contribution in [3.8, 4) is 23.2 Å². The average molecular weight is 633 g/mol. The summed E-state index contributed by atoms with van der Waals surface area (Å²) in [6.07, 6.45) is 9.08. The summed E-state index contributed by atoms with van der Waals surface area (Å²) in [5, 5.41) is 3.11. The number of carbonyl (C=O) groups is 1. The molecule has 2 aliphatic rings. The van der Waals surface area contributed by atoms with Crippen LogP contribution in [0.3, 0.4) is 0 Å². The van der Waals surface area contributed by atoms with Gasteiger partial charge in [-0.25, -0.2) is 9.97 Å². The second-order valence-electron chi connectivity index (χ2n) is 11.6. The van der Waals surface area contributed by atoms with E-state index in [0.717, 1.165) is 46.2 Å². The summed E-state index contributed by atoms with van der Waals surface area (Å²) in [6, 6.07) is 19.6. The lowest BCUT2D eigenvalue weighted by molar-refractivity contribution is -0.121. The van der Waals surface area contributed by atoms with Gasteiger partial charge in [-0.05, 0) is 36.8 Å². The number of hydrogen-bond acceptors (Lipinski definition) is 10. The SMILES string of the molecule is Cc1cc(N2CCN(Cc3ccccc3OCc3cccnc3)CC2CC(=O)NCc2ccc3c(c2)OCO3)nc(-n2ccnc2)n1. The van der Waals surface area contributed by atoms with Crippen LogP contribution in [0.1, 0.15) is 28.8 Å². The molecule has 240 valence electrons. The quantitative estimate of drug-likeness (QED) is 0.228. The van der Waals surface area contributed by atoms with Gasteiger partial charge < -0.3 is 24.4 Å². The normalized spacial score (nSPS) is 15.9. The summed E-state index contributed by atoms with van der Waals surface area (Å²) in [6.45, 7) is 5.84. The molecule has 1 N–H and O–H groups in total. The van der Waals surface area contributed by atoms with E-state index >= 15 is 0 Å². The van der Waals surface area contributed by atoms with Gasteiger partial charge in [-0.2, -0.15) is 4.98 Å². The molecule has 1 atom stereocenters. The molecule has 0 radical (unpaired) electrons. The van der Waals surface area contributed by atoms with Gasteiger partial charge in [-0.1, -0.05) is 30.3 Å². The number of ether oxygens (including phenoxy) is 3. The predicted molar refractivity (Wildman–Crippen MR) is 174 cm³/mol. The van der Waals surface area contributed by atoms with E-state index in [0.29, 0.717) is 50.9 Å². The molecule has 7 rings (SSSR count). The van der Waals surface area contributed by atoms with Crippen LogP contribution >= 0.6 is 0 Å². The number of fused-ring (bicyclic) bond motifs is 1. The third kappa shape index (κ3) is 7.33. The molecule has 0 aliphatic carbocycles. The highest BCUT2D eigenvalue weighted by molar-refractivity contribution is 5.77. The molecular weight excluding hydrogens is 596 g/mol. The van der Waals surface area contributed by atoms with Crippen LogP contribution in [0.25, 0.3) is 5.95 Å². The van der Waals surface area contributed by atoms with E-state index in [-0.39, 0.29) is 18.7 Å². The molecule has 0 spiro atoms. The predicted octanol–water partition coefficient (Wildman–Crippen LogP) is 4.07. The highest BCUT2D eigenvalue weighted by atomic mass is 16.7. The number of piperazine rings is 1. The molecule has 12 nitrogen and oxygen atoms in total. The van der Waals surface area contributed by atoms with Crippen molar-refractivity contribution in [1.29, 1.82) is 0 Å². The summed E-state index contributed by atoms with van der Waals surface area (Å²) in [5.41, 5.74) is 3.89. The zero-order chi connectivity index (χ0) is 32.0. The Hall–Kier alpha value is -5.49. The molecule has 1 unspecified atom stereocenters. The number of aromatic nitrogens is 5. The van der Waals surface area contributed by atoms with Crippen LogP contribution in [0, 0.1) is 6.92 Å². The number of rotatable bonds is 11. The lowest BCUT2D eigenvalue weighted by Crippen LogP contribution is -2.54. The Morgan fingerprint density at radius 2 is 1.89 bits per heavy atom. The number of anilines is 1. The average Bonchev–Trinajstić information content (AvgIpc) is 3.80. The minimum absolute atomic E-state index is 0.0414. The fourth-order valence-corrected chi connectivity index (χ4v) is 5.91. The molecule has 1 saturated heterocycles. The minimum Gasteiger partial charge on any atom is -0.489 e. The Morgan fingerprint density at radius 3 is 2.77 bits per heavy atom. The van der Waals surface area contributed by atoms with E-state index in [9.17, 15) is 4.79 Å². The van der Waals surface area contributed by atoms with Crippen molar-refractivity contribution in [2.45, 2.75) is 39.1 Å². The summed E-state index contributed by atoms with van der Waals surface area (Å²) in [4.78, 5) is 36.0. The summed E-state index contributed by atoms with van der Waals surface area (Å²) in [7, 11) is 0. The van der Waals surface area contributed by atoms with Crippen molar-refractivity contribution in [3.05, 3.63) is 114 Å². The minimum atomic E-state index is -0.131. The number of nitrogens with one attached hydrogen (secondary N) is 1. The lowest BCUT2D eigenvalue weighted by atomic mass is 10.1. The molecule has 12 heteroatoms. The maximum absolute atomic E-state index is 13.5. The maximum atomic E-state index is 13.5. The van der Waals surface area contributed by atoms with Crippen molar-refractivity contribution >= 4 is 11.7 Å². The summed E-state index contributed by atoms with van der Waals surface area (Å²) < 4.78 is 19.0. The van der Waals surface area contributed by atoms with Crippen molar-refractivity contribution < 1.29 is 19.0 Å². The molecule has 47 heavy (non-hydrogen) atoms. The molecule has 5 aromatic rings. The van der Waals surface area contributed by atoms with Crippen LogP contribution in [-0.4, -0.2) is 67.8 Å². The molecule has 1 fully saturated rings. The zero-order valence-corrected chi connectivity index (χ0v) is 26.2. The van der Waals surface area contributed by atoms with Crippen LogP contribution in [0.4, 0.5) is 5.82 Å². The van der Waals surface area contributed by atoms with E-state index in [1.807, 2.05) is 73.9 Å². The molecule has 1 amide bonds. The van der Waals surface area contributed by atoms with Crippen LogP contribution in [-0.2, 0) is 24.5 Å². The van der Waals surface area contributed by atoms with Crippen LogP contribution < -0.4 is 24.4 Å². The number of hydrogen-bond donors (Lipinski definition) is 1. The van der Waals surface area contributed by atoms with Crippen molar-refractivity contribution in [3.63, 3.8) is 0 Å². The second-order valence-corrected chi connectivity index (χ2v) is 11.6. The molecule has 0 bridgehead atoms. The summed E-state index contributed by atoms with van der Waals surface area (Å²) >= 11 is 0. The van der Waals surface area contributed by atoms with Gasteiger partial charge in [0.05, 0.1) is 6.04 Å². The van der Waals surface area contributed by atoms with Gasteiger partial charge in [0.25, 0.3) is 0 Å². The van der Waals surface area contributed by atoms with E-state index in [4.69, 9.17) is 19.2 Å². The Bertz CT molecular complexity index is 1820. The van der Waals surface area contributed by atoms with E-state index < -0.39 is 0 Å².